The minimum Gasteiger partial charge on any atom is -0.394 e. The van der Waals surface area contributed by atoms with Crippen LogP contribution in [-0.4, -0.2) is 87.5 Å². The monoisotopic (exact) mass is 1100 g/mol. The van der Waals surface area contributed by atoms with E-state index in [1.807, 2.05) is 0 Å². The van der Waals surface area contributed by atoms with E-state index < -0.39 is 49.5 Å². The Morgan fingerprint density at radius 2 is 0.772 bits per heavy atom. The zero-order valence-corrected chi connectivity index (χ0v) is 50.6. The Balaban J connectivity index is 2.23. The van der Waals surface area contributed by atoms with E-state index in [4.69, 9.17) is 9.47 Å². The van der Waals surface area contributed by atoms with Gasteiger partial charge in [-0.05, 0) is 77.0 Å². The van der Waals surface area contributed by atoms with E-state index in [9.17, 15) is 30.3 Å². The summed E-state index contributed by atoms with van der Waals surface area (Å²) >= 11 is 0. The molecule has 454 valence electrons. The number of aliphatic hydroxyl groups is 5. The smallest absolute Gasteiger partial charge is 0.220 e. The van der Waals surface area contributed by atoms with Gasteiger partial charge in [-0.1, -0.05) is 297 Å². The number of ether oxygens (including phenoxy) is 2. The maximum atomic E-state index is 13.1. The van der Waals surface area contributed by atoms with Gasteiger partial charge in [0.05, 0.1) is 25.4 Å². The van der Waals surface area contributed by atoms with Crippen molar-refractivity contribution in [1.82, 2.24) is 5.32 Å². The SMILES string of the molecule is CC/C=C\C/C=C\C/C=C\C/C=C\C/C=C\C/C=C\C/C=C\C/C=C\C/C=C\CCCC(=O)NC(COC1OC(CO)C(O)C(O)C1O)C(O)CCCCCCCCCCCCCCCCCCCCCCCCCCCCC. The Hall–Kier alpha value is -3.15. The highest BCUT2D eigenvalue weighted by molar-refractivity contribution is 5.76. The molecule has 0 aromatic heterocycles. The van der Waals surface area contributed by atoms with Crippen LogP contribution in [0, 0.1) is 0 Å². The van der Waals surface area contributed by atoms with Gasteiger partial charge in [-0.25, -0.2) is 0 Å². The van der Waals surface area contributed by atoms with Crippen LogP contribution in [0.4, 0.5) is 0 Å². The molecule has 0 radical (unpaired) electrons. The highest BCUT2D eigenvalue weighted by Crippen LogP contribution is 2.23. The number of allylic oxidation sites excluding steroid dienone is 18. The van der Waals surface area contributed by atoms with Crippen molar-refractivity contribution >= 4 is 5.91 Å². The molecule has 0 spiro atoms. The molecule has 1 rings (SSSR count). The average molecular weight is 1100 g/mol. The standard InChI is InChI=1S/C70H121NO8/c1-3-5-7-9-11-13-15-17-19-21-23-25-27-29-31-32-34-36-38-40-42-44-46-48-50-52-54-56-58-60-66(74)71-63(62-78-70-69(77)68(76)67(75)65(61-72)79-70)64(73)59-57-55-53-51-49-47-45-43-41-39-37-35-33-30-28-26-24-22-20-18-16-14-12-10-8-6-4-2/h5,7,11,13,17,19,23,25,29,31,34,36,40,42,46,48,52,54,63-65,67-70,72-73,75-77H,3-4,6,8-10,12,14-16,18,20-22,24,26-28,30,32-33,35,37-39,41,43-45,47,49-51,53,55-62H2,1-2H3,(H,71,74)/b7-5-,13-11-,19-17-,25-23-,31-29-,36-34-,42-40-,48-46-,54-52-. The van der Waals surface area contributed by atoms with Crippen molar-refractivity contribution in [3.05, 3.63) is 109 Å². The summed E-state index contributed by atoms with van der Waals surface area (Å²) < 4.78 is 11.3. The predicted molar refractivity (Wildman–Crippen MR) is 336 cm³/mol. The molecular formula is C70H121NO8. The van der Waals surface area contributed by atoms with E-state index in [0.717, 1.165) is 83.5 Å². The van der Waals surface area contributed by atoms with Gasteiger partial charge in [0, 0.05) is 6.42 Å². The highest BCUT2D eigenvalue weighted by Gasteiger charge is 2.44. The zero-order valence-electron chi connectivity index (χ0n) is 50.6. The molecule has 1 aliphatic rings. The number of hydrogen-bond acceptors (Lipinski definition) is 8. The van der Waals surface area contributed by atoms with Crippen LogP contribution in [0.5, 0.6) is 0 Å². The highest BCUT2D eigenvalue weighted by atomic mass is 16.7. The van der Waals surface area contributed by atoms with Crippen molar-refractivity contribution in [1.29, 1.82) is 0 Å². The van der Waals surface area contributed by atoms with E-state index in [0.29, 0.717) is 12.8 Å². The number of rotatable bonds is 55. The molecule has 1 heterocycles. The first-order chi connectivity index (χ1) is 38.8. The van der Waals surface area contributed by atoms with Gasteiger partial charge in [0.15, 0.2) is 6.29 Å². The molecular weight excluding hydrogens is 983 g/mol. The molecule has 9 heteroatoms. The minimum absolute atomic E-state index is 0.168. The first-order valence-electron chi connectivity index (χ1n) is 32.6. The summed E-state index contributed by atoms with van der Waals surface area (Å²) in [4.78, 5) is 13.1. The number of aliphatic hydroxyl groups excluding tert-OH is 5. The molecule has 79 heavy (non-hydrogen) atoms. The Labute approximate surface area is 485 Å². The summed E-state index contributed by atoms with van der Waals surface area (Å²) in [6, 6.07) is -0.760. The summed E-state index contributed by atoms with van der Waals surface area (Å²) in [5.41, 5.74) is 0. The van der Waals surface area contributed by atoms with Gasteiger partial charge in [0.25, 0.3) is 0 Å². The van der Waals surface area contributed by atoms with Crippen LogP contribution < -0.4 is 5.32 Å². The molecule has 0 bridgehead atoms. The maximum absolute atomic E-state index is 13.1. The average Bonchev–Trinajstić information content (AvgIpc) is 3.47. The first kappa shape index (κ1) is 73.9. The second-order valence-electron chi connectivity index (χ2n) is 22.2. The first-order valence-corrected chi connectivity index (χ1v) is 32.6. The van der Waals surface area contributed by atoms with Gasteiger partial charge < -0.3 is 40.3 Å². The Morgan fingerprint density at radius 3 is 1.11 bits per heavy atom. The van der Waals surface area contributed by atoms with Crippen LogP contribution in [0.15, 0.2) is 109 Å². The van der Waals surface area contributed by atoms with E-state index in [-0.39, 0.29) is 18.9 Å². The van der Waals surface area contributed by atoms with Crippen molar-refractivity contribution < 1.29 is 39.8 Å². The molecule has 0 aromatic rings. The van der Waals surface area contributed by atoms with Gasteiger partial charge in [-0.3, -0.25) is 4.79 Å². The number of carbonyl (C=O) groups is 1. The molecule has 0 aromatic carbocycles. The van der Waals surface area contributed by atoms with Crippen LogP contribution in [-0.2, 0) is 14.3 Å². The summed E-state index contributed by atoms with van der Waals surface area (Å²) in [7, 11) is 0. The lowest BCUT2D eigenvalue weighted by Gasteiger charge is -2.40. The second-order valence-corrected chi connectivity index (χ2v) is 22.2. The van der Waals surface area contributed by atoms with Gasteiger partial charge in [-0.2, -0.15) is 0 Å². The summed E-state index contributed by atoms with van der Waals surface area (Å²) in [5, 5.41) is 54.8. The van der Waals surface area contributed by atoms with Crippen molar-refractivity contribution in [3.63, 3.8) is 0 Å². The summed E-state index contributed by atoms with van der Waals surface area (Å²) in [6.45, 7) is 3.71. The van der Waals surface area contributed by atoms with Gasteiger partial charge >= 0.3 is 0 Å². The fourth-order valence-electron chi connectivity index (χ4n) is 9.81. The molecule has 9 nitrogen and oxygen atoms in total. The van der Waals surface area contributed by atoms with Crippen LogP contribution in [0.2, 0.25) is 0 Å². The van der Waals surface area contributed by atoms with Gasteiger partial charge in [-0.15, -0.1) is 0 Å². The molecule has 1 aliphatic heterocycles. The zero-order chi connectivity index (χ0) is 57.2. The number of carbonyl (C=O) groups excluding carboxylic acids is 1. The number of hydrogen-bond donors (Lipinski definition) is 6. The third-order valence-electron chi connectivity index (χ3n) is 14.9. The molecule has 1 fully saturated rings. The molecule has 6 N–H and O–H groups in total. The third kappa shape index (κ3) is 47.1. The van der Waals surface area contributed by atoms with Crippen LogP contribution in [0.1, 0.15) is 271 Å². The van der Waals surface area contributed by atoms with Gasteiger partial charge in [0.1, 0.15) is 24.4 Å². The van der Waals surface area contributed by atoms with Crippen LogP contribution in [0.25, 0.3) is 0 Å². The fourth-order valence-corrected chi connectivity index (χ4v) is 9.81. The lowest BCUT2D eigenvalue weighted by molar-refractivity contribution is -0.302. The normalized spacial score (nSPS) is 19.3. The number of amides is 1. The van der Waals surface area contributed by atoms with Crippen molar-refractivity contribution in [2.45, 2.75) is 314 Å². The molecule has 0 saturated carbocycles. The fraction of sp³-hybridized carbons (Fsp3) is 0.729. The van der Waals surface area contributed by atoms with Crippen molar-refractivity contribution in [3.8, 4) is 0 Å². The lowest BCUT2D eigenvalue weighted by atomic mass is 9.99. The molecule has 0 aliphatic carbocycles. The largest absolute Gasteiger partial charge is 0.394 e. The minimum atomic E-state index is -1.57. The third-order valence-corrected chi connectivity index (χ3v) is 14.9. The Kier molecular flexibility index (Phi) is 54.3. The quantitative estimate of drug-likeness (QED) is 0.0261. The lowest BCUT2D eigenvalue weighted by Crippen LogP contribution is -2.60. The van der Waals surface area contributed by atoms with E-state index >= 15 is 0 Å². The summed E-state index contributed by atoms with van der Waals surface area (Å²) in [6.07, 6.45) is 78.5. The number of nitrogens with one attached hydrogen (secondary N) is 1. The predicted octanol–water partition coefficient (Wildman–Crippen LogP) is 17.3. The van der Waals surface area contributed by atoms with Crippen molar-refractivity contribution in [2.75, 3.05) is 13.2 Å². The molecule has 1 amide bonds. The van der Waals surface area contributed by atoms with E-state index in [2.05, 4.69) is 129 Å². The topological polar surface area (TPSA) is 149 Å². The number of unbranched alkanes of at least 4 members (excludes halogenated alkanes) is 27. The Morgan fingerprint density at radius 1 is 0.443 bits per heavy atom. The molecule has 7 unspecified atom stereocenters. The van der Waals surface area contributed by atoms with Crippen molar-refractivity contribution in [2.24, 2.45) is 0 Å². The summed E-state index contributed by atoms with van der Waals surface area (Å²) in [5.74, 6) is -0.203. The van der Waals surface area contributed by atoms with Crippen LogP contribution >= 0.6 is 0 Å². The molecule has 1 saturated heterocycles. The molecule has 7 atom stereocenters. The second kappa shape index (κ2) is 58.1. The van der Waals surface area contributed by atoms with E-state index in [1.54, 1.807) is 0 Å². The maximum Gasteiger partial charge on any atom is 0.220 e. The Bertz CT molecular complexity index is 1610. The van der Waals surface area contributed by atoms with Crippen LogP contribution in [0.3, 0.4) is 0 Å². The van der Waals surface area contributed by atoms with Gasteiger partial charge in [0.2, 0.25) is 5.91 Å². The van der Waals surface area contributed by atoms with E-state index in [1.165, 1.54) is 154 Å².